The number of aromatic amines is 1. The molecule has 0 fully saturated rings. The molecule has 2 rings (SSSR count). The van der Waals surface area contributed by atoms with Gasteiger partial charge < -0.3 is 9.15 Å². The fraction of sp³-hybridized carbons (Fsp3) is 0.111. The van der Waals surface area contributed by atoms with Gasteiger partial charge in [-0.05, 0) is 12.1 Å². The number of aromatic nitrogens is 1. The molecule has 1 heterocycles. The SMILES string of the molecule is COc1cccc2c(=O)oc(=O)[nH]c12. The van der Waals surface area contributed by atoms with Gasteiger partial charge in [0, 0.05) is 0 Å². The number of ether oxygens (including phenoxy) is 1. The molecule has 0 saturated carbocycles. The monoisotopic (exact) mass is 193 g/mol. The van der Waals surface area contributed by atoms with E-state index < -0.39 is 11.4 Å². The van der Waals surface area contributed by atoms with Crippen LogP contribution in [0.1, 0.15) is 0 Å². The lowest BCUT2D eigenvalue weighted by atomic mass is 10.2. The summed E-state index contributed by atoms with van der Waals surface area (Å²) in [5.41, 5.74) is -0.307. The van der Waals surface area contributed by atoms with E-state index in [2.05, 4.69) is 9.40 Å². The van der Waals surface area contributed by atoms with Gasteiger partial charge in [0.25, 0.3) is 0 Å². The van der Waals surface area contributed by atoms with Crippen LogP contribution in [0.3, 0.4) is 0 Å². The van der Waals surface area contributed by atoms with Crippen LogP contribution in [0, 0.1) is 0 Å². The Morgan fingerprint density at radius 3 is 2.86 bits per heavy atom. The normalized spacial score (nSPS) is 10.4. The molecule has 0 bridgehead atoms. The molecule has 1 aromatic carbocycles. The first-order valence-electron chi connectivity index (χ1n) is 3.92. The van der Waals surface area contributed by atoms with Crippen LogP contribution in [0.2, 0.25) is 0 Å². The maximum Gasteiger partial charge on any atom is 0.419 e. The summed E-state index contributed by atoms with van der Waals surface area (Å²) in [6.07, 6.45) is 0. The van der Waals surface area contributed by atoms with E-state index in [4.69, 9.17) is 4.74 Å². The Balaban J connectivity index is 3.01. The molecule has 0 atom stereocenters. The van der Waals surface area contributed by atoms with Gasteiger partial charge in [-0.15, -0.1) is 0 Å². The number of para-hydroxylation sites is 1. The maximum absolute atomic E-state index is 11.2. The number of hydrogen-bond acceptors (Lipinski definition) is 4. The Morgan fingerprint density at radius 2 is 2.14 bits per heavy atom. The van der Waals surface area contributed by atoms with E-state index in [9.17, 15) is 9.59 Å². The van der Waals surface area contributed by atoms with Crippen molar-refractivity contribution in [3.63, 3.8) is 0 Å². The summed E-state index contributed by atoms with van der Waals surface area (Å²) in [5.74, 6) is -0.348. The molecule has 0 saturated heterocycles. The van der Waals surface area contributed by atoms with Gasteiger partial charge in [-0.3, -0.25) is 4.98 Å². The van der Waals surface area contributed by atoms with Crippen molar-refractivity contribution in [3.05, 3.63) is 39.2 Å². The lowest BCUT2D eigenvalue weighted by Gasteiger charge is -2.01. The van der Waals surface area contributed by atoms with E-state index in [1.165, 1.54) is 7.11 Å². The molecule has 0 aliphatic rings. The highest BCUT2D eigenvalue weighted by atomic mass is 16.5. The third kappa shape index (κ3) is 1.19. The second kappa shape index (κ2) is 3.02. The minimum atomic E-state index is -0.785. The number of rotatable bonds is 1. The van der Waals surface area contributed by atoms with Crippen LogP contribution in [0.15, 0.2) is 32.2 Å². The summed E-state index contributed by atoms with van der Waals surface area (Å²) in [5, 5.41) is 0.295. The third-order valence-corrected chi connectivity index (χ3v) is 1.88. The quantitative estimate of drug-likeness (QED) is 0.715. The summed E-state index contributed by atoms with van der Waals surface area (Å²) >= 11 is 0. The Bertz CT molecular complexity index is 581. The summed E-state index contributed by atoms with van der Waals surface area (Å²) in [6.45, 7) is 0. The minimum absolute atomic E-state index is 0.295. The molecule has 2 aromatic rings. The standard InChI is InChI=1S/C9H7NO4/c1-13-6-4-2-3-5-7(6)10-9(12)14-8(5)11/h2-4H,1H3,(H,10,12). The number of fused-ring (bicyclic) bond motifs is 1. The molecule has 72 valence electrons. The number of benzene rings is 1. The van der Waals surface area contributed by atoms with Crippen molar-refractivity contribution in [3.8, 4) is 5.75 Å². The van der Waals surface area contributed by atoms with E-state index in [1.807, 2.05) is 0 Å². The number of methoxy groups -OCH3 is 1. The molecule has 0 spiro atoms. The minimum Gasteiger partial charge on any atom is -0.495 e. The van der Waals surface area contributed by atoms with Gasteiger partial charge in [-0.25, -0.2) is 9.59 Å². The summed E-state index contributed by atoms with van der Waals surface area (Å²) in [4.78, 5) is 24.5. The van der Waals surface area contributed by atoms with Crippen LogP contribution in [0.5, 0.6) is 5.75 Å². The van der Waals surface area contributed by atoms with Gasteiger partial charge in [0.2, 0.25) is 0 Å². The summed E-state index contributed by atoms with van der Waals surface area (Å²) < 4.78 is 9.35. The third-order valence-electron chi connectivity index (χ3n) is 1.88. The van der Waals surface area contributed by atoms with E-state index >= 15 is 0 Å². The van der Waals surface area contributed by atoms with Crippen LogP contribution in [0.25, 0.3) is 10.9 Å². The largest absolute Gasteiger partial charge is 0.495 e. The van der Waals surface area contributed by atoms with Crippen molar-refractivity contribution in [2.75, 3.05) is 7.11 Å². The van der Waals surface area contributed by atoms with E-state index in [1.54, 1.807) is 18.2 Å². The van der Waals surface area contributed by atoms with Gasteiger partial charge in [-0.2, -0.15) is 0 Å². The average molecular weight is 193 g/mol. The second-order valence-electron chi connectivity index (χ2n) is 2.68. The highest BCUT2D eigenvalue weighted by molar-refractivity contribution is 5.82. The Hall–Kier alpha value is -2.04. The fourth-order valence-electron chi connectivity index (χ4n) is 1.27. The number of hydrogen-bond donors (Lipinski definition) is 1. The van der Waals surface area contributed by atoms with Crippen molar-refractivity contribution < 1.29 is 9.15 Å². The predicted molar refractivity (Wildman–Crippen MR) is 49.7 cm³/mol. The van der Waals surface area contributed by atoms with E-state index in [0.29, 0.717) is 16.7 Å². The maximum atomic E-state index is 11.2. The van der Waals surface area contributed by atoms with Crippen molar-refractivity contribution in [1.82, 2.24) is 4.98 Å². The Kier molecular flexibility index (Phi) is 1.85. The zero-order valence-corrected chi connectivity index (χ0v) is 7.37. The van der Waals surface area contributed by atoms with Crippen LogP contribution < -0.4 is 16.1 Å². The summed E-state index contributed by atoms with van der Waals surface area (Å²) in [7, 11) is 1.46. The molecule has 0 radical (unpaired) electrons. The Morgan fingerprint density at radius 1 is 1.36 bits per heavy atom. The first-order valence-corrected chi connectivity index (χ1v) is 3.92. The second-order valence-corrected chi connectivity index (χ2v) is 2.68. The van der Waals surface area contributed by atoms with Crippen LogP contribution in [-0.4, -0.2) is 12.1 Å². The molecule has 0 aliphatic carbocycles. The van der Waals surface area contributed by atoms with Crippen LogP contribution in [0.4, 0.5) is 0 Å². The first kappa shape index (κ1) is 8.55. The first-order chi connectivity index (χ1) is 6.72. The van der Waals surface area contributed by atoms with Gasteiger partial charge in [-0.1, -0.05) is 6.07 Å². The zero-order chi connectivity index (χ0) is 10.1. The molecule has 0 amide bonds. The van der Waals surface area contributed by atoms with Crippen molar-refractivity contribution in [2.24, 2.45) is 0 Å². The molecule has 0 aliphatic heterocycles. The average Bonchev–Trinajstić information content (AvgIpc) is 2.17. The van der Waals surface area contributed by atoms with Gasteiger partial charge in [0.15, 0.2) is 0 Å². The van der Waals surface area contributed by atoms with E-state index in [-0.39, 0.29) is 0 Å². The lowest BCUT2D eigenvalue weighted by Crippen LogP contribution is -2.14. The van der Waals surface area contributed by atoms with Crippen LogP contribution >= 0.6 is 0 Å². The Labute approximate surface area is 77.9 Å². The van der Waals surface area contributed by atoms with Crippen LogP contribution in [-0.2, 0) is 0 Å². The zero-order valence-electron chi connectivity index (χ0n) is 7.37. The van der Waals surface area contributed by atoms with E-state index in [0.717, 1.165) is 0 Å². The van der Waals surface area contributed by atoms with Crippen molar-refractivity contribution in [2.45, 2.75) is 0 Å². The molecule has 14 heavy (non-hydrogen) atoms. The molecule has 5 nitrogen and oxygen atoms in total. The number of nitrogens with one attached hydrogen (secondary N) is 1. The molecular weight excluding hydrogens is 186 g/mol. The highest BCUT2D eigenvalue weighted by Crippen LogP contribution is 2.18. The fourth-order valence-corrected chi connectivity index (χ4v) is 1.27. The van der Waals surface area contributed by atoms with Gasteiger partial charge in [0.1, 0.15) is 11.3 Å². The van der Waals surface area contributed by atoms with Gasteiger partial charge in [0.05, 0.1) is 12.5 Å². The summed E-state index contributed by atoms with van der Waals surface area (Å²) in [6, 6.07) is 4.85. The molecular formula is C9H7NO4. The van der Waals surface area contributed by atoms with Crippen molar-refractivity contribution in [1.29, 1.82) is 0 Å². The lowest BCUT2D eigenvalue weighted by molar-refractivity contribution is 0.415. The smallest absolute Gasteiger partial charge is 0.419 e. The highest BCUT2D eigenvalue weighted by Gasteiger charge is 2.06. The van der Waals surface area contributed by atoms with Crippen molar-refractivity contribution >= 4 is 10.9 Å². The topological polar surface area (TPSA) is 72.3 Å². The predicted octanol–water partition coefficient (Wildman–Crippen LogP) is 0.490. The van der Waals surface area contributed by atoms with Gasteiger partial charge >= 0.3 is 11.4 Å². The number of H-pyrrole nitrogens is 1. The molecule has 1 N–H and O–H groups in total. The molecule has 1 aromatic heterocycles. The molecule has 5 heteroatoms. The molecule has 0 unspecified atom stereocenters.